The van der Waals surface area contributed by atoms with E-state index in [0.717, 1.165) is 18.3 Å². The first kappa shape index (κ1) is 13.4. The largest absolute Gasteiger partial charge is 0.348 e. The second-order valence-corrected chi connectivity index (χ2v) is 5.86. The van der Waals surface area contributed by atoms with Crippen LogP contribution in [-0.2, 0) is 9.59 Å². The quantitative estimate of drug-likeness (QED) is 0.744. The highest BCUT2D eigenvalue weighted by Gasteiger charge is 2.42. The van der Waals surface area contributed by atoms with Gasteiger partial charge in [-0.3, -0.25) is 9.59 Å². The summed E-state index contributed by atoms with van der Waals surface area (Å²) in [6.07, 6.45) is 6.06. The molecule has 18 heavy (non-hydrogen) atoms. The fourth-order valence-electron chi connectivity index (χ4n) is 3.60. The van der Waals surface area contributed by atoms with Gasteiger partial charge in [0.15, 0.2) is 0 Å². The van der Waals surface area contributed by atoms with Crippen LogP contribution in [0.2, 0.25) is 0 Å². The standard InChI is InChI=1S/C14H24N2O2/c1-3-6-15-13(17)14(18)16-9(2)12-8-10-4-5-11(12)7-10/h9-12H,3-8H2,1-2H3,(H,15,17)(H,16,18). The van der Waals surface area contributed by atoms with Gasteiger partial charge in [0, 0.05) is 12.6 Å². The Hall–Kier alpha value is -1.06. The third-order valence-electron chi connectivity index (χ3n) is 4.54. The fourth-order valence-corrected chi connectivity index (χ4v) is 3.60. The molecule has 2 N–H and O–H groups in total. The van der Waals surface area contributed by atoms with E-state index in [1.807, 2.05) is 13.8 Å². The maximum Gasteiger partial charge on any atom is 0.309 e. The molecular weight excluding hydrogens is 228 g/mol. The second-order valence-electron chi connectivity index (χ2n) is 5.86. The molecule has 0 aliphatic heterocycles. The van der Waals surface area contributed by atoms with Crippen LogP contribution in [0.15, 0.2) is 0 Å². The highest BCUT2D eigenvalue weighted by atomic mass is 16.2. The summed E-state index contributed by atoms with van der Waals surface area (Å²) >= 11 is 0. The van der Waals surface area contributed by atoms with Gasteiger partial charge in [-0.15, -0.1) is 0 Å². The molecule has 0 aromatic heterocycles. The van der Waals surface area contributed by atoms with Crippen LogP contribution in [0.4, 0.5) is 0 Å². The van der Waals surface area contributed by atoms with Crippen LogP contribution in [0.5, 0.6) is 0 Å². The van der Waals surface area contributed by atoms with Gasteiger partial charge in [-0.25, -0.2) is 0 Å². The van der Waals surface area contributed by atoms with E-state index in [1.165, 1.54) is 25.7 Å². The molecule has 2 rings (SSSR count). The molecule has 0 radical (unpaired) electrons. The Bertz CT molecular complexity index is 330. The zero-order valence-corrected chi connectivity index (χ0v) is 11.4. The average molecular weight is 252 g/mol. The predicted molar refractivity (Wildman–Crippen MR) is 69.8 cm³/mol. The summed E-state index contributed by atoms with van der Waals surface area (Å²) in [6, 6.07) is 0.125. The number of carbonyl (C=O) groups excluding carboxylic acids is 2. The monoisotopic (exact) mass is 252 g/mol. The Morgan fingerprint density at radius 1 is 1.22 bits per heavy atom. The van der Waals surface area contributed by atoms with Crippen molar-refractivity contribution < 1.29 is 9.59 Å². The molecule has 2 aliphatic rings. The lowest BCUT2D eigenvalue weighted by atomic mass is 9.84. The number of amides is 2. The van der Waals surface area contributed by atoms with Crippen molar-refractivity contribution >= 4 is 11.8 Å². The minimum atomic E-state index is -0.494. The van der Waals surface area contributed by atoms with Gasteiger partial charge in [0.25, 0.3) is 0 Å². The molecule has 0 aromatic rings. The Morgan fingerprint density at radius 2 is 2.00 bits per heavy atom. The SMILES string of the molecule is CCCNC(=O)C(=O)NC(C)C1CC2CCC1C2. The van der Waals surface area contributed by atoms with E-state index in [1.54, 1.807) is 0 Å². The van der Waals surface area contributed by atoms with Crippen LogP contribution >= 0.6 is 0 Å². The van der Waals surface area contributed by atoms with Crippen molar-refractivity contribution in [3.63, 3.8) is 0 Å². The molecule has 2 bridgehead atoms. The van der Waals surface area contributed by atoms with Gasteiger partial charge in [0.2, 0.25) is 0 Å². The van der Waals surface area contributed by atoms with Crippen molar-refractivity contribution in [1.82, 2.24) is 10.6 Å². The van der Waals surface area contributed by atoms with Crippen molar-refractivity contribution in [2.24, 2.45) is 17.8 Å². The summed E-state index contributed by atoms with van der Waals surface area (Å²) in [5.41, 5.74) is 0. The van der Waals surface area contributed by atoms with Crippen LogP contribution in [0.3, 0.4) is 0 Å². The minimum absolute atomic E-state index is 0.125. The summed E-state index contributed by atoms with van der Waals surface area (Å²) in [6.45, 7) is 4.57. The highest BCUT2D eigenvalue weighted by Crippen LogP contribution is 2.49. The lowest BCUT2D eigenvalue weighted by molar-refractivity contribution is -0.139. The molecule has 4 unspecified atom stereocenters. The maximum atomic E-state index is 11.7. The van der Waals surface area contributed by atoms with Crippen molar-refractivity contribution in [3.05, 3.63) is 0 Å². The van der Waals surface area contributed by atoms with Crippen LogP contribution < -0.4 is 10.6 Å². The van der Waals surface area contributed by atoms with Gasteiger partial charge < -0.3 is 10.6 Å². The summed E-state index contributed by atoms with van der Waals surface area (Å²) in [7, 11) is 0. The van der Waals surface area contributed by atoms with E-state index in [9.17, 15) is 9.59 Å². The smallest absolute Gasteiger partial charge is 0.309 e. The van der Waals surface area contributed by atoms with Crippen LogP contribution in [0, 0.1) is 17.8 Å². The summed E-state index contributed by atoms with van der Waals surface area (Å²) < 4.78 is 0. The molecule has 4 nitrogen and oxygen atoms in total. The van der Waals surface area contributed by atoms with E-state index in [-0.39, 0.29) is 6.04 Å². The molecular formula is C14H24N2O2. The molecule has 4 heteroatoms. The second kappa shape index (κ2) is 5.72. The van der Waals surface area contributed by atoms with E-state index < -0.39 is 11.8 Å². The van der Waals surface area contributed by atoms with Gasteiger partial charge in [-0.05, 0) is 50.4 Å². The number of nitrogens with one attached hydrogen (secondary N) is 2. The molecule has 2 saturated carbocycles. The lowest BCUT2D eigenvalue weighted by Crippen LogP contribution is -2.47. The van der Waals surface area contributed by atoms with Gasteiger partial charge in [0.1, 0.15) is 0 Å². The first-order valence-corrected chi connectivity index (χ1v) is 7.20. The molecule has 0 spiro atoms. The molecule has 2 amide bonds. The first-order valence-electron chi connectivity index (χ1n) is 7.20. The normalized spacial score (nSPS) is 31.1. The van der Waals surface area contributed by atoms with Crippen LogP contribution in [-0.4, -0.2) is 24.4 Å². The molecule has 0 saturated heterocycles. The Morgan fingerprint density at radius 3 is 2.56 bits per heavy atom. The van der Waals surface area contributed by atoms with Gasteiger partial charge >= 0.3 is 11.8 Å². The summed E-state index contributed by atoms with van der Waals surface area (Å²) in [5.74, 6) is 1.24. The third-order valence-corrected chi connectivity index (χ3v) is 4.54. The Labute approximate surface area is 109 Å². The number of fused-ring (bicyclic) bond motifs is 2. The van der Waals surface area contributed by atoms with Crippen molar-refractivity contribution in [3.8, 4) is 0 Å². The van der Waals surface area contributed by atoms with Gasteiger partial charge in [-0.1, -0.05) is 13.3 Å². The molecule has 2 fully saturated rings. The van der Waals surface area contributed by atoms with E-state index in [0.29, 0.717) is 12.5 Å². The zero-order chi connectivity index (χ0) is 13.1. The molecule has 4 atom stereocenters. The topological polar surface area (TPSA) is 58.2 Å². The van der Waals surface area contributed by atoms with Gasteiger partial charge in [-0.2, -0.15) is 0 Å². The number of hydrogen-bond acceptors (Lipinski definition) is 2. The lowest BCUT2D eigenvalue weighted by Gasteiger charge is -2.28. The molecule has 102 valence electrons. The van der Waals surface area contributed by atoms with E-state index in [2.05, 4.69) is 10.6 Å². The fraction of sp³-hybridized carbons (Fsp3) is 0.857. The van der Waals surface area contributed by atoms with Gasteiger partial charge in [0.05, 0.1) is 0 Å². The molecule has 2 aliphatic carbocycles. The van der Waals surface area contributed by atoms with Crippen LogP contribution in [0.1, 0.15) is 46.0 Å². The average Bonchev–Trinajstić information content (AvgIpc) is 2.97. The van der Waals surface area contributed by atoms with Crippen molar-refractivity contribution in [1.29, 1.82) is 0 Å². The zero-order valence-electron chi connectivity index (χ0n) is 11.4. The first-order chi connectivity index (χ1) is 8.61. The van der Waals surface area contributed by atoms with E-state index >= 15 is 0 Å². The highest BCUT2D eigenvalue weighted by molar-refractivity contribution is 6.35. The number of rotatable bonds is 4. The Balaban J connectivity index is 1.78. The summed E-state index contributed by atoms with van der Waals surface area (Å²) in [5, 5.41) is 5.48. The van der Waals surface area contributed by atoms with E-state index in [4.69, 9.17) is 0 Å². The summed E-state index contributed by atoms with van der Waals surface area (Å²) in [4.78, 5) is 23.2. The maximum absolute atomic E-state index is 11.7. The predicted octanol–water partition coefficient (Wildman–Crippen LogP) is 1.45. The van der Waals surface area contributed by atoms with Crippen LogP contribution in [0.25, 0.3) is 0 Å². The van der Waals surface area contributed by atoms with Crippen molar-refractivity contribution in [2.75, 3.05) is 6.54 Å². The molecule has 0 aromatic carbocycles. The Kier molecular flexibility index (Phi) is 4.25. The number of hydrogen-bond donors (Lipinski definition) is 2. The molecule has 0 heterocycles. The number of carbonyl (C=O) groups is 2. The minimum Gasteiger partial charge on any atom is -0.348 e. The van der Waals surface area contributed by atoms with Crippen molar-refractivity contribution in [2.45, 2.75) is 52.0 Å². The third kappa shape index (κ3) is 2.85.